The van der Waals surface area contributed by atoms with Crippen LogP contribution in [0.15, 0.2) is 11.8 Å². The molecule has 2 aliphatic heterocycles. The highest BCUT2D eigenvalue weighted by Crippen LogP contribution is 2.76. The van der Waals surface area contributed by atoms with Gasteiger partial charge in [-0.1, -0.05) is 20.8 Å². The highest BCUT2D eigenvalue weighted by Gasteiger charge is 2.84. The van der Waals surface area contributed by atoms with Gasteiger partial charge in [0.2, 0.25) is 5.60 Å². The van der Waals surface area contributed by atoms with E-state index in [-0.39, 0.29) is 12.2 Å². The van der Waals surface area contributed by atoms with Crippen molar-refractivity contribution >= 4 is 41.6 Å². The average molecular weight is 745 g/mol. The number of hydrogen-bond acceptors (Lipinski definition) is 15. The molecule has 0 aromatic carbocycles. The molecular formula is C38H48O15. The van der Waals surface area contributed by atoms with Gasteiger partial charge in [0.15, 0.2) is 11.9 Å². The van der Waals surface area contributed by atoms with Gasteiger partial charge < -0.3 is 38.3 Å². The number of ketones is 1. The Morgan fingerprint density at radius 1 is 0.755 bits per heavy atom. The summed E-state index contributed by atoms with van der Waals surface area (Å²) in [6.07, 6.45) is -5.63. The lowest BCUT2D eigenvalue weighted by Gasteiger charge is -2.65. The predicted molar refractivity (Wildman–Crippen MR) is 175 cm³/mol. The lowest BCUT2D eigenvalue weighted by molar-refractivity contribution is -0.273. The third-order valence-corrected chi connectivity index (χ3v) is 14.4. The van der Waals surface area contributed by atoms with E-state index < -0.39 is 148 Å². The number of fused-ring (bicyclic) bond motifs is 10. The van der Waals surface area contributed by atoms with Crippen LogP contribution in [0.3, 0.4) is 0 Å². The van der Waals surface area contributed by atoms with Crippen LogP contribution >= 0.6 is 0 Å². The van der Waals surface area contributed by atoms with Gasteiger partial charge in [-0.15, -0.1) is 0 Å². The molecule has 0 spiro atoms. The summed E-state index contributed by atoms with van der Waals surface area (Å²) in [5.74, 6) is -11.0. The summed E-state index contributed by atoms with van der Waals surface area (Å²) < 4.78 is 42.0. The molecule has 0 bridgehead atoms. The van der Waals surface area contributed by atoms with Crippen molar-refractivity contribution in [1.29, 1.82) is 0 Å². The maximum Gasteiger partial charge on any atom is 0.356 e. The van der Waals surface area contributed by atoms with Gasteiger partial charge in [0.1, 0.15) is 30.2 Å². The van der Waals surface area contributed by atoms with Gasteiger partial charge in [-0.2, -0.15) is 0 Å². The third kappa shape index (κ3) is 4.80. The Morgan fingerprint density at radius 3 is 1.91 bits per heavy atom. The topological polar surface area (TPSA) is 208 Å². The van der Waals surface area contributed by atoms with E-state index in [4.69, 9.17) is 33.2 Å². The molecule has 15 heteroatoms. The van der Waals surface area contributed by atoms with Crippen LogP contribution in [0, 0.1) is 57.7 Å². The van der Waals surface area contributed by atoms with E-state index in [0.717, 1.165) is 6.92 Å². The van der Waals surface area contributed by atoms with Gasteiger partial charge in [-0.3, -0.25) is 28.8 Å². The molecule has 1 unspecified atom stereocenters. The van der Waals surface area contributed by atoms with Gasteiger partial charge in [-0.25, -0.2) is 4.79 Å². The highest BCUT2D eigenvalue weighted by atomic mass is 16.6. The van der Waals surface area contributed by atoms with Crippen LogP contribution in [0.4, 0.5) is 0 Å². The van der Waals surface area contributed by atoms with Crippen molar-refractivity contribution in [2.45, 2.75) is 124 Å². The number of Topliss-reactive ketones (excluding diaryl/α,β-unsaturated/α-hetero) is 1. The number of carbonyl (C=O) groups is 7. The number of ether oxygens (including phenoxy) is 7. The zero-order chi connectivity index (χ0) is 39.1. The third-order valence-electron chi connectivity index (χ3n) is 14.4. The van der Waals surface area contributed by atoms with E-state index in [1.807, 2.05) is 6.92 Å². The Labute approximate surface area is 306 Å². The average Bonchev–Trinajstić information content (AvgIpc) is 3.72. The molecular weight excluding hydrogens is 696 g/mol. The molecule has 5 aliphatic carbocycles. The molecule has 18 atom stereocenters. The van der Waals surface area contributed by atoms with E-state index in [2.05, 4.69) is 0 Å². The first kappa shape index (κ1) is 37.5. The van der Waals surface area contributed by atoms with Gasteiger partial charge in [0, 0.05) is 75.0 Å². The van der Waals surface area contributed by atoms with E-state index in [1.165, 1.54) is 34.6 Å². The number of hydrogen-bond donors (Lipinski definition) is 1. The van der Waals surface area contributed by atoms with Crippen molar-refractivity contribution in [3.8, 4) is 0 Å². The Hall–Kier alpha value is -3.85. The number of rotatable bonds is 5. The van der Waals surface area contributed by atoms with Crippen molar-refractivity contribution in [3.05, 3.63) is 11.8 Å². The highest BCUT2D eigenvalue weighted by molar-refractivity contribution is 5.91. The molecule has 6 fully saturated rings. The van der Waals surface area contributed by atoms with Crippen molar-refractivity contribution in [2.24, 2.45) is 57.7 Å². The zero-order valence-corrected chi connectivity index (χ0v) is 31.5. The first-order chi connectivity index (χ1) is 24.6. The quantitative estimate of drug-likeness (QED) is 0.243. The molecule has 2 heterocycles. The second-order valence-electron chi connectivity index (χ2n) is 17.0. The number of carbonyl (C=O) groups excluding carboxylic acids is 7. The van der Waals surface area contributed by atoms with E-state index >= 15 is 0 Å². The van der Waals surface area contributed by atoms with Crippen LogP contribution < -0.4 is 0 Å². The van der Waals surface area contributed by atoms with E-state index in [0.29, 0.717) is 0 Å². The fraction of sp³-hybridized carbons (Fsp3) is 0.763. The summed E-state index contributed by atoms with van der Waals surface area (Å²) >= 11 is 0. The summed E-state index contributed by atoms with van der Waals surface area (Å²) in [6, 6.07) is 0. The molecule has 15 nitrogen and oxygen atoms in total. The maximum atomic E-state index is 14.9. The minimum absolute atomic E-state index is 0.195. The van der Waals surface area contributed by atoms with E-state index in [9.17, 15) is 38.7 Å². The van der Waals surface area contributed by atoms with Crippen LogP contribution in [0.5, 0.6) is 0 Å². The molecule has 4 saturated carbocycles. The monoisotopic (exact) mass is 744 g/mol. The Balaban J connectivity index is 1.53. The minimum atomic E-state index is -1.92. The maximum absolute atomic E-state index is 14.9. The number of allylic oxidation sites excluding steroid dienone is 1. The first-order valence-electron chi connectivity index (χ1n) is 18.3. The summed E-state index contributed by atoms with van der Waals surface area (Å²) in [5, 5.41) is 13.1. The molecule has 0 aromatic heterocycles. The number of esters is 6. The van der Waals surface area contributed by atoms with Gasteiger partial charge in [0.05, 0.1) is 17.6 Å². The summed E-state index contributed by atoms with van der Waals surface area (Å²) in [4.78, 5) is 93.2. The Kier molecular flexibility index (Phi) is 8.36. The second kappa shape index (κ2) is 11.8. The molecule has 0 amide bonds. The van der Waals surface area contributed by atoms with Gasteiger partial charge >= 0.3 is 35.8 Å². The lowest BCUT2D eigenvalue weighted by Crippen LogP contribution is -2.75. The zero-order valence-electron chi connectivity index (χ0n) is 31.5. The second-order valence-corrected chi connectivity index (χ2v) is 17.0. The van der Waals surface area contributed by atoms with Crippen molar-refractivity contribution in [1.82, 2.24) is 0 Å². The van der Waals surface area contributed by atoms with Crippen molar-refractivity contribution in [2.75, 3.05) is 0 Å². The number of aliphatic hydroxyl groups excluding tert-OH is 1. The lowest BCUT2D eigenvalue weighted by atomic mass is 9.41. The predicted octanol–water partition coefficient (Wildman–Crippen LogP) is 1.98. The molecule has 0 aromatic rings. The fourth-order valence-corrected chi connectivity index (χ4v) is 12.6. The first-order valence-corrected chi connectivity index (χ1v) is 18.3. The standard InChI is InChI=1S/C38H48O15/c1-13-11-21-37(9,38(10,34(46)52-21)53-18(6)43)26-23(13)36(8)24(28(26)45)22-25(31(48-15(3)40)33(36)50-17(5)42)35(7)19(27(44)30(22)47-14(2)39)12-20-29(51-20)32(35)49-16(4)41/h11,13,19-20,22-26,28-33,45H,12H2,1-10H3/t13-,19-,20+,22+,23+,24-,25?,26+,28-,29+,30-,31+,32+,33+,35+,36-,37+,38-/m1/s1. The van der Waals surface area contributed by atoms with Gasteiger partial charge in [-0.05, 0) is 38.2 Å². The molecule has 2 saturated heterocycles. The minimum Gasteiger partial charge on any atom is -0.459 e. The smallest absolute Gasteiger partial charge is 0.356 e. The Morgan fingerprint density at radius 2 is 1.34 bits per heavy atom. The van der Waals surface area contributed by atoms with Crippen molar-refractivity contribution < 1.29 is 71.8 Å². The molecule has 0 radical (unpaired) electrons. The SMILES string of the molecule is CC(=O)O[C@H]1C(=O)[C@H]2C[C@@H]3O[C@@H]3[C@H](OC(C)=O)[C@]2(C)C2[C@@H]1[C@@H]1[C@@H](O)[C@@H]3[C@H]([C@H](C)C=C4OC(=O)[C@@](C)(OC(C)=O)[C@@]43C)[C@@]1(C)[C@@H](OC(C)=O)[C@H]2OC(C)=O. The molecule has 7 aliphatic rings. The fourth-order valence-electron chi connectivity index (χ4n) is 12.6. The Bertz CT molecular complexity index is 1740. The van der Waals surface area contributed by atoms with Crippen LogP contribution in [-0.2, 0) is 66.7 Å². The summed E-state index contributed by atoms with van der Waals surface area (Å²) in [5.41, 5.74) is -6.12. The molecule has 290 valence electrons. The molecule has 1 N–H and O–H groups in total. The molecule has 53 heavy (non-hydrogen) atoms. The van der Waals surface area contributed by atoms with Crippen LogP contribution in [0.25, 0.3) is 0 Å². The largest absolute Gasteiger partial charge is 0.459 e. The summed E-state index contributed by atoms with van der Waals surface area (Å²) in [6.45, 7) is 14.5. The van der Waals surface area contributed by atoms with Gasteiger partial charge in [0.25, 0.3) is 0 Å². The molecule has 7 rings (SSSR count). The van der Waals surface area contributed by atoms with Crippen LogP contribution in [0.1, 0.15) is 75.7 Å². The number of aliphatic hydroxyl groups is 1. The van der Waals surface area contributed by atoms with Crippen LogP contribution in [-0.4, -0.2) is 95.0 Å². The summed E-state index contributed by atoms with van der Waals surface area (Å²) in [7, 11) is 0. The van der Waals surface area contributed by atoms with Crippen LogP contribution in [0.2, 0.25) is 0 Å². The normalized spacial score (nSPS) is 49.9. The van der Waals surface area contributed by atoms with E-state index in [1.54, 1.807) is 26.8 Å². The van der Waals surface area contributed by atoms with Crippen molar-refractivity contribution in [3.63, 3.8) is 0 Å². The number of epoxide rings is 1.